The Bertz CT molecular complexity index is 871. The van der Waals surface area contributed by atoms with E-state index in [1.807, 2.05) is 24.3 Å². The molecule has 1 fully saturated rings. The number of nitrogens with one attached hydrogen (secondary N) is 2. The number of anilines is 2. The summed E-state index contributed by atoms with van der Waals surface area (Å²) in [6, 6.07) is 7.69. The van der Waals surface area contributed by atoms with Gasteiger partial charge in [-0.1, -0.05) is 18.9 Å². The van der Waals surface area contributed by atoms with Crippen molar-refractivity contribution in [3.8, 4) is 17.4 Å². The molecule has 3 heterocycles. The Hall–Kier alpha value is -2.81. The van der Waals surface area contributed by atoms with Crippen molar-refractivity contribution in [2.24, 2.45) is 0 Å². The Kier molecular flexibility index (Phi) is 6.14. The highest BCUT2D eigenvalue weighted by Crippen LogP contribution is 2.32. The number of ether oxygens (including phenoxy) is 3. The molecule has 0 spiro atoms. The van der Waals surface area contributed by atoms with Crippen molar-refractivity contribution >= 4 is 29.1 Å². The molecule has 2 aliphatic heterocycles. The molecule has 2 aliphatic rings. The fourth-order valence-corrected chi connectivity index (χ4v) is 3.58. The van der Waals surface area contributed by atoms with E-state index in [-0.39, 0.29) is 6.79 Å². The van der Waals surface area contributed by atoms with Crippen LogP contribution >= 0.6 is 12.2 Å². The Labute approximate surface area is 175 Å². The molecule has 0 radical (unpaired) electrons. The SMILES string of the molecule is COc1cc(N2CCCCCC2)nc(NC(=S)NCc2ccc3c(c2)OCO3)n1. The van der Waals surface area contributed by atoms with Gasteiger partial charge in [0.15, 0.2) is 16.6 Å². The third-order valence-corrected chi connectivity index (χ3v) is 5.19. The van der Waals surface area contributed by atoms with E-state index >= 15 is 0 Å². The lowest BCUT2D eigenvalue weighted by molar-refractivity contribution is 0.174. The number of methoxy groups -OCH3 is 1. The molecule has 0 unspecified atom stereocenters. The van der Waals surface area contributed by atoms with Gasteiger partial charge in [0.1, 0.15) is 5.82 Å². The smallest absolute Gasteiger partial charge is 0.234 e. The van der Waals surface area contributed by atoms with Crippen LogP contribution in [0.2, 0.25) is 0 Å². The summed E-state index contributed by atoms with van der Waals surface area (Å²) in [6.45, 7) is 2.79. The average Bonchev–Trinajstić information content (AvgIpc) is 3.03. The fraction of sp³-hybridized carbons (Fsp3) is 0.450. The summed E-state index contributed by atoms with van der Waals surface area (Å²) in [5, 5.41) is 6.69. The van der Waals surface area contributed by atoms with Crippen LogP contribution in [-0.4, -0.2) is 42.1 Å². The standard InChI is InChI=1S/C20H25N5O3S/c1-26-18-11-17(25-8-4-2-3-5-9-25)22-19(23-18)24-20(29)21-12-14-6-7-15-16(10-14)28-13-27-15/h6-7,10-11H,2-5,8-9,12-13H2,1H3,(H2,21,22,23,24,29). The maximum atomic E-state index is 5.42. The number of fused-ring (bicyclic) bond motifs is 1. The molecule has 9 heteroatoms. The zero-order valence-corrected chi connectivity index (χ0v) is 17.3. The summed E-state index contributed by atoms with van der Waals surface area (Å²) in [6.07, 6.45) is 4.87. The van der Waals surface area contributed by atoms with Crippen molar-refractivity contribution < 1.29 is 14.2 Å². The maximum absolute atomic E-state index is 5.42. The van der Waals surface area contributed by atoms with Crippen molar-refractivity contribution in [1.82, 2.24) is 15.3 Å². The number of hydrogen-bond donors (Lipinski definition) is 2. The van der Waals surface area contributed by atoms with Crippen molar-refractivity contribution in [3.63, 3.8) is 0 Å². The van der Waals surface area contributed by atoms with Gasteiger partial charge in [-0.15, -0.1) is 0 Å². The van der Waals surface area contributed by atoms with E-state index in [1.165, 1.54) is 25.7 Å². The third kappa shape index (κ3) is 4.97. The van der Waals surface area contributed by atoms with Crippen LogP contribution in [0.3, 0.4) is 0 Å². The van der Waals surface area contributed by atoms with Crippen LogP contribution < -0.4 is 29.7 Å². The summed E-state index contributed by atoms with van der Waals surface area (Å²) in [5.74, 6) is 3.31. The highest BCUT2D eigenvalue weighted by Gasteiger charge is 2.16. The van der Waals surface area contributed by atoms with E-state index in [4.69, 9.17) is 26.4 Å². The molecule has 1 aromatic carbocycles. The highest BCUT2D eigenvalue weighted by atomic mass is 32.1. The molecule has 8 nitrogen and oxygen atoms in total. The van der Waals surface area contributed by atoms with Gasteiger partial charge in [-0.3, -0.25) is 0 Å². The molecule has 4 rings (SSSR count). The molecule has 1 aromatic heterocycles. The second-order valence-corrected chi connectivity index (χ2v) is 7.40. The first-order chi connectivity index (χ1) is 14.2. The van der Waals surface area contributed by atoms with E-state index in [9.17, 15) is 0 Å². The van der Waals surface area contributed by atoms with E-state index < -0.39 is 0 Å². The van der Waals surface area contributed by atoms with Gasteiger partial charge in [-0.05, 0) is 42.8 Å². The van der Waals surface area contributed by atoms with Gasteiger partial charge in [0.05, 0.1) is 7.11 Å². The molecule has 29 heavy (non-hydrogen) atoms. The minimum atomic E-state index is 0.263. The van der Waals surface area contributed by atoms with Gasteiger partial charge in [0, 0.05) is 25.7 Å². The van der Waals surface area contributed by atoms with Gasteiger partial charge in [-0.25, -0.2) is 0 Å². The van der Waals surface area contributed by atoms with Crippen LogP contribution in [-0.2, 0) is 6.54 Å². The summed E-state index contributed by atoms with van der Waals surface area (Å²) in [7, 11) is 1.61. The minimum Gasteiger partial charge on any atom is -0.481 e. The predicted octanol–water partition coefficient (Wildman–Crippen LogP) is 3.08. The fourth-order valence-electron chi connectivity index (χ4n) is 3.41. The first-order valence-electron chi connectivity index (χ1n) is 9.83. The molecule has 0 amide bonds. The molecule has 0 saturated carbocycles. The lowest BCUT2D eigenvalue weighted by Crippen LogP contribution is -2.30. The summed E-state index contributed by atoms with van der Waals surface area (Å²) in [4.78, 5) is 11.3. The molecule has 2 N–H and O–H groups in total. The monoisotopic (exact) mass is 415 g/mol. The van der Waals surface area contributed by atoms with Crippen LogP contribution in [0.15, 0.2) is 24.3 Å². The van der Waals surface area contributed by atoms with Gasteiger partial charge >= 0.3 is 0 Å². The molecule has 2 aromatic rings. The lowest BCUT2D eigenvalue weighted by Gasteiger charge is -2.22. The van der Waals surface area contributed by atoms with Crippen LogP contribution in [0.5, 0.6) is 17.4 Å². The Morgan fingerprint density at radius 1 is 1.10 bits per heavy atom. The third-order valence-electron chi connectivity index (χ3n) is 4.94. The number of rotatable bonds is 5. The second-order valence-electron chi connectivity index (χ2n) is 6.99. The molecule has 0 atom stereocenters. The van der Waals surface area contributed by atoms with E-state index in [1.54, 1.807) is 7.11 Å². The van der Waals surface area contributed by atoms with Crippen LogP contribution in [0.25, 0.3) is 0 Å². The van der Waals surface area contributed by atoms with Gasteiger partial charge < -0.3 is 29.7 Å². The summed E-state index contributed by atoms with van der Waals surface area (Å²) >= 11 is 5.42. The number of aromatic nitrogens is 2. The predicted molar refractivity (Wildman–Crippen MR) is 115 cm³/mol. The molecule has 154 valence electrons. The van der Waals surface area contributed by atoms with Crippen molar-refractivity contribution in [2.75, 3.05) is 37.2 Å². The first-order valence-corrected chi connectivity index (χ1v) is 10.2. The van der Waals surface area contributed by atoms with Crippen LogP contribution in [0, 0.1) is 0 Å². The van der Waals surface area contributed by atoms with Crippen molar-refractivity contribution in [3.05, 3.63) is 29.8 Å². The lowest BCUT2D eigenvalue weighted by atomic mass is 10.2. The normalized spacial score (nSPS) is 15.6. The zero-order valence-electron chi connectivity index (χ0n) is 16.4. The van der Waals surface area contributed by atoms with Gasteiger partial charge in [-0.2, -0.15) is 9.97 Å². The molecule has 0 aliphatic carbocycles. The van der Waals surface area contributed by atoms with Crippen molar-refractivity contribution in [1.29, 1.82) is 0 Å². The van der Waals surface area contributed by atoms with Gasteiger partial charge in [0.25, 0.3) is 0 Å². The van der Waals surface area contributed by atoms with E-state index in [0.29, 0.717) is 23.5 Å². The largest absolute Gasteiger partial charge is 0.481 e. The average molecular weight is 416 g/mol. The topological polar surface area (TPSA) is 80.8 Å². The van der Waals surface area contributed by atoms with E-state index in [0.717, 1.165) is 36.0 Å². The molecular formula is C20H25N5O3S. The van der Waals surface area contributed by atoms with Crippen LogP contribution in [0.1, 0.15) is 31.2 Å². The Balaban J connectivity index is 1.39. The minimum absolute atomic E-state index is 0.263. The van der Waals surface area contributed by atoms with Crippen LogP contribution in [0.4, 0.5) is 11.8 Å². The summed E-state index contributed by atoms with van der Waals surface area (Å²) in [5.41, 5.74) is 1.04. The number of nitrogens with zero attached hydrogens (tertiary/aromatic N) is 3. The zero-order chi connectivity index (χ0) is 20.1. The second kappa shape index (κ2) is 9.13. The van der Waals surface area contributed by atoms with Crippen molar-refractivity contribution in [2.45, 2.75) is 32.2 Å². The molecule has 0 bridgehead atoms. The Morgan fingerprint density at radius 2 is 1.90 bits per heavy atom. The maximum Gasteiger partial charge on any atom is 0.234 e. The Morgan fingerprint density at radius 3 is 2.69 bits per heavy atom. The molecular weight excluding hydrogens is 390 g/mol. The number of hydrogen-bond acceptors (Lipinski definition) is 7. The first kappa shape index (κ1) is 19.5. The highest BCUT2D eigenvalue weighted by molar-refractivity contribution is 7.80. The summed E-state index contributed by atoms with van der Waals surface area (Å²) < 4.78 is 16.1. The van der Waals surface area contributed by atoms with E-state index in [2.05, 4.69) is 25.5 Å². The molecule has 1 saturated heterocycles. The quantitative estimate of drug-likeness (QED) is 0.716. The number of benzene rings is 1. The number of thiocarbonyl (C=S) groups is 1. The van der Waals surface area contributed by atoms with Gasteiger partial charge in [0.2, 0.25) is 18.6 Å².